The first-order valence-corrected chi connectivity index (χ1v) is 3.07. The maximum atomic E-state index is 10.8. The predicted molar refractivity (Wildman–Crippen MR) is 39.3 cm³/mol. The van der Waals surface area contributed by atoms with Gasteiger partial charge in [-0.1, -0.05) is 0 Å². The second-order valence-electron chi connectivity index (χ2n) is 2.00. The van der Waals surface area contributed by atoms with Gasteiger partial charge in [-0.25, -0.2) is 4.79 Å². The molecule has 5 heteroatoms. The number of rotatable bonds is 2. The number of benzene rings is 1. The SMILES string of the molecule is O=NOC(=O)c1ccc(O)cc1. The molecule has 1 N–H and O–H groups in total. The van der Waals surface area contributed by atoms with Crippen LogP contribution < -0.4 is 0 Å². The van der Waals surface area contributed by atoms with Crippen LogP contribution in [0.25, 0.3) is 0 Å². The largest absolute Gasteiger partial charge is 0.508 e. The lowest BCUT2D eigenvalue weighted by Crippen LogP contribution is -1.98. The van der Waals surface area contributed by atoms with Crippen molar-refractivity contribution >= 4 is 5.97 Å². The van der Waals surface area contributed by atoms with Gasteiger partial charge in [-0.3, -0.25) is 4.84 Å². The molecule has 5 nitrogen and oxygen atoms in total. The standard InChI is InChI=1S/C7H5NO4/c9-6-3-1-5(2-4-6)7(10)12-8-11/h1-4,9H. The van der Waals surface area contributed by atoms with E-state index in [2.05, 4.69) is 4.84 Å². The third-order valence-electron chi connectivity index (χ3n) is 1.22. The van der Waals surface area contributed by atoms with E-state index in [-0.39, 0.29) is 11.3 Å². The van der Waals surface area contributed by atoms with Crippen LogP contribution in [-0.2, 0) is 4.84 Å². The minimum atomic E-state index is -0.843. The smallest absolute Gasteiger partial charge is 0.369 e. The molecule has 0 saturated heterocycles. The zero-order chi connectivity index (χ0) is 8.97. The summed E-state index contributed by atoms with van der Waals surface area (Å²) in [6.07, 6.45) is 0. The summed E-state index contributed by atoms with van der Waals surface area (Å²) < 4.78 is 0. The second kappa shape index (κ2) is 3.47. The highest BCUT2D eigenvalue weighted by Crippen LogP contribution is 2.10. The van der Waals surface area contributed by atoms with Crippen LogP contribution in [0.5, 0.6) is 5.75 Å². The van der Waals surface area contributed by atoms with E-state index in [1.807, 2.05) is 5.34 Å². The van der Waals surface area contributed by atoms with Crippen LogP contribution in [0, 0.1) is 4.91 Å². The lowest BCUT2D eigenvalue weighted by atomic mass is 10.2. The van der Waals surface area contributed by atoms with E-state index >= 15 is 0 Å². The van der Waals surface area contributed by atoms with Gasteiger partial charge < -0.3 is 5.11 Å². The van der Waals surface area contributed by atoms with Crippen molar-refractivity contribution in [2.45, 2.75) is 0 Å². The first-order valence-electron chi connectivity index (χ1n) is 3.07. The fraction of sp³-hybridized carbons (Fsp3) is 0. The average molecular weight is 167 g/mol. The van der Waals surface area contributed by atoms with Gasteiger partial charge in [0.05, 0.1) is 5.56 Å². The van der Waals surface area contributed by atoms with Gasteiger partial charge >= 0.3 is 5.97 Å². The lowest BCUT2D eigenvalue weighted by molar-refractivity contribution is 0.0508. The number of hydrogen-bond acceptors (Lipinski definition) is 5. The predicted octanol–water partition coefficient (Wildman–Crippen LogP) is 1.23. The second-order valence-corrected chi connectivity index (χ2v) is 2.00. The van der Waals surface area contributed by atoms with Gasteiger partial charge in [0, 0.05) is 0 Å². The van der Waals surface area contributed by atoms with Gasteiger partial charge in [-0.2, -0.15) is 0 Å². The minimum Gasteiger partial charge on any atom is -0.508 e. The third kappa shape index (κ3) is 1.79. The minimum absolute atomic E-state index is 0.0330. The van der Waals surface area contributed by atoms with E-state index in [9.17, 15) is 9.70 Å². The zero-order valence-electron chi connectivity index (χ0n) is 5.93. The molecule has 0 saturated carbocycles. The molecule has 0 amide bonds. The van der Waals surface area contributed by atoms with E-state index < -0.39 is 5.97 Å². The van der Waals surface area contributed by atoms with Crippen molar-refractivity contribution in [3.05, 3.63) is 34.7 Å². The molecule has 62 valence electrons. The number of hydrogen-bond donors (Lipinski definition) is 1. The molecule has 1 rings (SSSR count). The maximum absolute atomic E-state index is 10.8. The monoisotopic (exact) mass is 167 g/mol. The normalized spacial score (nSPS) is 9.00. The van der Waals surface area contributed by atoms with Crippen molar-refractivity contribution in [2.24, 2.45) is 5.34 Å². The van der Waals surface area contributed by atoms with Gasteiger partial charge in [0.1, 0.15) is 5.75 Å². The van der Waals surface area contributed by atoms with Crippen LogP contribution >= 0.6 is 0 Å². The van der Waals surface area contributed by atoms with E-state index in [1.165, 1.54) is 24.3 Å². The lowest BCUT2D eigenvalue weighted by Gasteiger charge is -1.94. The summed E-state index contributed by atoms with van der Waals surface area (Å²) in [6.45, 7) is 0. The van der Waals surface area contributed by atoms with Gasteiger partial charge in [0.15, 0.2) is 5.34 Å². The Kier molecular flexibility index (Phi) is 2.37. The highest BCUT2D eigenvalue weighted by Gasteiger charge is 2.06. The molecule has 0 aliphatic carbocycles. The van der Waals surface area contributed by atoms with Crippen LogP contribution in [0.15, 0.2) is 29.6 Å². The Morgan fingerprint density at radius 3 is 2.42 bits per heavy atom. The zero-order valence-corrected chi connectivity index (χ0v) is 5.93. The van der Waals surface area contributed by atoms with Gasteiger partial charge in [0.2, 0.25) is 0 Å². The van der Waals surface area contributed by atoms with Crippen LogP contribution in [0.2, 0.25) is 0 Å². The average Bonchev–Trinajstić information content (AvgIpc) is 2.06. The van der Waals surface area contributed by atoms with Crippen molar-refractivity contribution in [3.8, 4) is 5.75 Å². The summed E-state index contributed by atoms with van der Waals surface area (Å²) in [5.41, 5.74) is 0.160. The molecule has 0 radical (unpaired) electrons. The molecule has 0 fully saturated rings. The topological polar surface area (TPSA) is 76.0 Å². The molecule has 0 spiro atoms. The van der Waals surface area contributed by atoms with Crippen molar-refractivity contribution in [1.29, 1.82) is 0 Å². The fourth-order valence-corrected chi connectivity index (χ4v) is 0.684. The molecule has 0 aliphatic heterocycles. The molecule has 1 aromatic rings. The summed E-state index contributed by atoms with van der Waals surface area (Å²) in [5.74, 6) is -0.810. The highest BCUT2D eigenvalue weighted by molar-refractivity contribution is 5.89. The molecular weight excluding hydrogens is 162 g/mol. The number of nitrogens with zero attached hydrogens (tertiary/aromatic N) is 1. The molecular formula is C7H5NO4. The Morgan fingerprint density at radius 1 is 1.33 bits per heavy atom. The Balaban J connectivity index is 2.82. The Hall–Kier alpha value is -1.91. The summed E-state index contributed by atoms with van der Waals surface area (Å²) in [5, 5.41) is 10.8. The maximum Gasteiger partial charge on any atom is 0.369 e. The molecule has 0 unspecified atom stereocenters. The van der Waals surface area contributed by atoms with E-state index in [4.69, 9.17) is 5.11 Å². The number of carbonyl (C=O) groups is 1. The number of aromatic hydroxyl groups is 1. The van der Waals surface area contributed by atoms with Gasteiger partial charge in [-0.15, -0.1) is 4.91 Å². The van der Waals surface area contributed by atoms with Crippen LogP contribution in [0.4, 0.5) is 0 Å². The number of phenols is 1. The van der Waals surface area contributed by atoms with Gasteiger partial charge in [-0.05, 0) is 24.3 Å². The van der Waals surface area contributed by atoms with E-state index in [0.29, 0.717) is 0 Å². The molecule has 1 aromatic carbocycles. The molecule has 0 aromatic heterocycles. The Bertz CT molecular complexity index is 293. The first kappa shape index (κ1) is 8.19. The van der Waals surface area contributed by atoms with Crippen molar-refractivity contribution in [3.63, 3.8) is 0 Å². The summed E-state index contributed by atoms with van der Waals surface area (Å²) in [4.78, 5) is 24.1. The van der Waals surface area contributed by atoms with Crippen LogP contribution in [-0.4, -0.2) is 11.1 Å². The van der Waals surface area contributed by atoms with Crippen LogP contribution in [0.1, 0.15) is 10.4 Å². The van der Waals surface area contributed by atoms with Crippen LogP contribution in [0.3, 0.4) is 0 Å². The molecule has 0 heterocycles. The molecule has 0 atom stereocenters. The summed E-state index contributed by atoms with van der Waals surface area (Å²) >= 11 is 0. The number of carbonyl (C=O) groups excluding carboxylic acids is 1. The van der Waals surface area contributed by atoms with Crippen molar-refractivity contribution in [2.75, 3.05) is 0 Å². The van der Waals surface area contributed by atoms with E-state index in [0.717, 1.165) is 0 Å². The summed E-state index contributed by atoms with van der Waals surface area (Å²) in [6, 6.07) is 5.26. The third-order valence-corrected chi connectivity index (χ3v) is 1.22. The van der Waals surface area contributed by atoms with Gasteiger partial charge in [0.25, 0.3) is 0 Å². The Labute approximate surface area is 67.5 Å². The van der Waals surface area contributed by atoms with Crippen molar-refractivity contribution < 1.29 is 14.7 Å². The van der Waals surface area contributed by atoms with Crippen molar-refractivity contribution in [1.82, 2.24) is 0 Å². The molecule has 12 heavy (non-hydrogen) atoms. The Morgan fingerprint density at radius 2 is 1.92 bits per heavy atom. The fourth-order valence-electron chi connectivity index (χ4n) is 0.684. The van der Waals surface area contributed by atoms with E-state index in [1.54, 1.807) is 0 Å². The number of phenolic OH excluding ortho intramolecular Hbond substituents is 1. The highest BCUT2D eigenvalue weighted by atomic mass is 16.7. The quantitative estimate of drug-likeness (QED) is 0.530. The first-order chi connectivity index (χ1) is 5.74. The molecule has 0 aliphatic rings. The molecule has 0 bridgehead atoms. The summed E-state index contributed by atoms with van der Waals surface area (Å²) in [7, 11) is 0.